The van der Waals surface area contributed by atoms with Gasteiger partial charge in [-0.2, -0.15) is 0 Å². The van der Waals surface area contributed by atoms with Crippen LogP contribution in [-0.2, 0) is 32.1 Å². The van der Waals surface area contributed by atoms with E-state index in [9.17, 15) is 14.4 Å². The zero-order valence-electron chi connectivity index (χ0n) is 18.5. The molecule has 0 saturated heterocycles. The van der Waals surface area contributed by atoms with Crippen LogP contribution in [0.2, 0.25) is 0 Å². The van der Waals surface area contributed by atoms with Gasteiger partial charge in [0.2, 0.25) is 0 Å². The molecular formula is C25H28N2O5. The minimum absolute atomic E-state index is 0.0777. The molecule has 2 aromatic carbocycles. The molecule has 2 N–H and O–H groups in total. The Kier molecular flexibility index (Phi) is 7.30. The molecule has 168 valence electrons. The van der Waals surface area contributed by atoms with E-state index in [0.29, 0.717) is 0 Å². The second-order valence-electron chi connectivity index (χ2n) is 8.34. The predicted molar refractivity (Wildman–Crippen MR) is 121 cm³/mol. The number of ether oxygens (including phenoxy) is 2. The summed E-state index contributed by atoms with van der Waals surface area (Å²) < 4.78 is 10.1. The van der Waals surface area contributed by atoms with Crippen LogP contribution in [0.1, 0.15) is 31.4 Å². The van der Waals surface area contributed by atoms with E-state index in [-0.39, 0.29) is 25.2 Å². The van der Waals surface area contributed by atoms with Crippen LogP contribution < -0.4 is 5.32 Å². The Morgan fingerprint density at radius 2 is 1.72 bits per heavy atom. The topological polar surface area (TPSA) is 97.5 Å². The van der Waals surface area contributed by atoms with Crippen LogP contribution in [0.4, 0.5) is 4.79 Å². The average molecular weight is 437 g/mol. The number of hydrogen-bond donors (Lipinski definition) is 2. The number of methoxy groups -OCH3 is 1. The van der Waals surface area contributed by atoms with Crippen LogP contribution in [0.25, 0.3) is 10.9 Å². The molecule has 0 saturated carbocycles. The normalized spacial score (nSPS) is 12.2. The van der Waals surface area contributed by atoms with Crippen molar-refractivity contribution in [1.29, 1.82) is 0 Å². The first-order valence-corrected chi connectivity index (χ1v) is 10.4. The monoisotopic (exact) mass is 436 g/mol. The standard InChI is InChI=1S/C25H28N2O5/c1-25(2,23(29)31-3)14-22(28)21(13-18-15-26-20-12-8-7-11-19(18)20)27-24(30)32-16-17-9-5-4-6-10-17/h4-12,15,21,26H,13-14,16H2,1-3H3,(H,27,30)/t21-/m1/s1. The maximum absolute atomic E-state index is 13.2. The summed E-state index contributed by atoms with van der Waals surface area (Å²) in [4.78, 5) is 40.9. The van der Waals surface area contributed by atoms with E-state index in [1.54, 1.807) is 13.8 Å². The smallest absolute Gasteiger partial charge is 0.408 e. The van der Waals surface area contributed by atoms with Gasteiger partial charge < -0.3 is 19.8 Å². The summed E-state index contributed by atoms with van der Waals surface area (Å²) in [5, 5.41) is 3.66. The predicted octanol–water partition coefficient (Wildman–Crippen LogP) is 4.16. The van der Waals surface area contributed by atoms with Gasteiger partial charge in [-0.3, -0.25) is 9.59 Å². The van der Waals surface area contributed by atoms with Gasteiger partial charge in [-0.1, -0.05) is 48.5 Å². The van der Waals surface area contributed by atoms with Gasteiger partial charge in [-0.25, -0.2) is 4.79 Å². The number of H-pyrrole nitrogens is 1. The third-order valence-electron chi connectivity index (χ3n) is 5.35. The number of fused-ring (bicyclic) bond motifs is 1. The largest absolute Gasteiger partial charge is 0.469 e. The molecule has 0 aliphatic rings. The molecule has 3 rings (SSSR count). The van der Waals surface area contributed by atoms with Crippen molar-refractivity contribution in [2.45, 2.75) is 39.3 Å². The number of benzene rings is 2. The number of para-hydroxylation sites is 1. The Morgan fingerprint density at radius 3 is 2.44 bits per heavy atom. The van der Waals surface area contributed by atoms with E-state index in [2.05, 4.69) is 10.3 Å². The number of aromatic nitrogens is 1. The summed E-state index contributed by atoms with van der Waals surface area (Å²) in [6, 6.07) is 16.2. The van der Waals surface area contributed by atoms with E-state index in [1.165, 1.54) is 7.11 Å². The van der Waals surface area contributed by atoms with Crippen LogP contribution >= 0.6 is 0 Å². The summed E-state index contributed by atoms with van der Waals surface area (Å²) in [7, 11) is 1.29. The molecule has 7 nitrogen and oxygen atoms in total. The van der Waals surface area contributed by atoms with E-state index in [0.717, 1.165) is 22.0 Å². The van der Waals surface area contributed by atoms with Crippen LogP contribution in [0.3, 0.4) is 0 Å². The van der Waals surface area contributed by atoms with Crippen molar-refractivity contribution in [3.05, 3.63) is 71.9 Å². The van der Waals surface area contributed by atoms with E-state index in [4.69, 9.17) is 9.47 Å². The fourth-order valence-corrected chi connectivity index (χ4v) is 3.58. The number of carbonyl (C=O) groups excluding carboxylic acids is 3. The number of rotatable bonds is 9. The fourth-order valence-electron chi connectivity index (χ4n) is 3.58. The lowest BCUT2D eigenvalue weighted by Crippen LogP contribution is -2.45. The molecule has 0 aliphatic heterocycles. The minimum Gasteiger partial charge on any atom is -0.469 e. The van der Waals surface area contributed by atoms with Crippen molar-refractivity contribution >= 4 is 28.7 Å². The first-order valence-electron chi connectivity index (χ1n) is 10.4. The first-order chi connectivity index (χ1) is 15.3. The molecule has 0 fully saturated rings. The number of Topliss-reactive ketones (excluding diaryl/α,β-unsaturated/α-hetero) is 1. The second-order valence-corrected chi connectivity index (χ2v) is 8.34. The SMILES string of the molecule is COC(=O)C(C)(C)CC(=O)[C@@H](Cc1c[nH]c2ccccc12)NC(=O)OCc1ccccc1. The van der Waals surface area contributed by atoms with Crippen LogP contribution in [0.15, 0.2) is 60.8 Å². The number of carbonyl (C=O) groups is 3. The molecule has 0 spiro atoms. The molecule has 3 aromatic rings. The van der Waals surface area contributed by atoms with E-state index >= 15 is 0 Å². The molecule has 0 unspecified atom stereocenters. The van der Waals surface area contributed by atoms with Crippen molar-refractivity contribution < 1.29 is 23.9 Å². The molecule has 32 heavy (non-hydrogen) atoms. The number of alkyl carbamates (subject to hydrolysis) is 1. The molecule has 1 amide bonds. The Hall–Kier alpha value is -3.61. The zero-order valence-corrected chi connectivity index (χ0v) is 18.5. The first kappa shape index (κ1) is 23.1. The van der Waals surface area contributed by atoms with E-state index < -0.39 is 23.5 Å². The summed E-state index contributed by atoms with van der Waals surface area (Å²) in [5.41, 5.74) is 1.65. The van der Waals surface area contributed by atoms with Crippen molar-refractivity contribution in [1.82, 2.24) is 10.3 Å². The number of amides is 1. The van der Waals surface area contributed by atoms with Crippen LogP contribution in [0.5, 0.6) is 0 Å². The van der Waals surface area contributed by atoms with Crippen molar-refractivity contribution in [2.75, 3.05) is 7.11 Å². The summed E-state index contributed by atoms with van der Waals surface area (Å²) in [6.07, 6.45) is 1.32. The highest BCUT2D eigenvalue weighted by Gasteiger charge is 2.35. The Morgan fingerprint density at radius 1 is 1.03 bits per heavy atom. The van der Waals surface area contributed by atoms with Gasteiger partial charge in [-0.05, 0) is 31.0 Å². The molecule has 1 aromatic heterocycles. The quantitative estimate of drug-likeness (QED) is 0.491. The van der Waals surface area contributed by atoms with Crippen LogP contribution in [0, 0.1) is 5.41 Å². The lowest BCUT2D eigenvalue weighted by Gasteiger charge is -2.24. The number of ketones is 1. The highest BCUT2D eigenvalue weighted by atomic mass is 16.5. The van der Waals surface area contributed by atoms with Gasteiger partial charge in [0.25, 0.3) is 0 Å². The molecule has 7 heteroatoms. The molecule has 1 heterocycles. The van der Waals surface area contributed by atoms with Crippen molar-refractivity contribution in [2.24, 2.45) is 5.41 Å². The lowest BCUT2D eigenvalue weighted by atomic mass is 9.84. The number of hydrogen-bond acceptors (Lipinski definition) is 5. The van der Waals surface area contributed by atoms with Crippen molar-refractivity contribution in [3.63, 3.8) is 0 Å². The maximum Gasteiger partial charge on any atom is 0.408 e. The molecular weight excluding hydrogens is 408 g/mol. The van der Waals surface area contributed by atoms with Gasteiger partial charge in [-0.15, -0.1) is 0 Å². The van der Waals surface area contributed by atoms with Gasteiger partial charge >= 0.3 is 12.1 Å². The Bertz CT molecular complexity index is 1090. The lowest BCUT2D eigenvalue weighted by molar-refractivity contribution is -0.153. The summed E-state index contributed by atoms with van der Waals surface area (Å²) >= 11 is 0. The van der Waals surface area contributed by atoms with Gasteiger partial charge in [0.15, 0.2) is 5.78 Å². The molecule has 0 radical (unpaired) electrons. The van der Waals surface area contributed by atoms with E-state index in [1.807, 2.05) is 60.8 Å². The maximum atomic E-state index is 13.2. The Labute approximate surface area is 187 Å². The van der Waals surface area contributed by atoms with Gasteiger partial charge in [0.05, 0.1) is 18.6 Å². The molecule has 0 bridgehead atoms. The second kappa shape index (κ2) is 10.1. The molecule has 0 aliphatic carbocycles. The van der Waals surface area contributed by atoms with Crippen molar-refractivity contribution in [3.8, 4) is 0 Å². The number of nitrogens with one attached hydrogen (secondary N) is 2. The fraction of sp³-hybridized carbons (Fsp3) is 0.320. The number of esters is 1. The summed E-state index contributed by atoms with van der Waals surface area (Å²) in [5.74, 6) is -0.759. The molecule has 1 atom stereocenters. The Balaban J connectivity index is 1.76. The highest BCUT2D eigenvalue weighted by molar-refractivity contribution is 5.92. The van der Waals surface area contributed by atoms with Crippen LogP contribution in [-0.4, -0.2) is 36.0 Å². The zero-order chi connectivity index (χ0) is 23.1. The number of aromatic amines is 1. The minimum atomic E-state index is -1.01. The third-order valence-corrected chi connectivity index (χ3v) is 5.35. The third kappa shape index (κ3) is 5.75. The average Bonchev–Trinajstić information content (AvgIpc) is 3.20. The van der Waals surface area contributed by atoms with Gasteiger partial charge in [0, 0.05) is 29.9 Å². The van der Waals surface area contributed by atoms with Gasteiger partial charge in [0.1, 0.15) is 6.61 Å². The highest BCUT2D eigenvalue weighted by Crippen LogP contribution is 2.25. The summed E-state index contributed by atoms with van der Waals surface area (Å²) in [6.45, 7) is 3.38.